The maximum atomic E-state index is 12.4. The minimum atomic E-state index is -0.584. The fraction of sp³-hybridized carbons (Fsp3) is 0.385. The lowest BCUT2D eigenvalue weighted by Gasteiger charge is -2.33. The predicted molar refractivity (Wildman–Crippen MR) is 75.7 cm³/mol. The molecule has 3 amide bonds. The van der Waals surface area contributed by atoms with Gasteiger partial charge in [-0.1, -0.05) is 6.92 Å². The normalized spacial score (nSPS) is 19.1. The summed E-state index contributed by atoms with van der Waals surface area (Å²) >= 11 is 1.49. The Morgan fingerprint density at radius 3 is 3.05 bits per heavy atom. The second-order valence-corrected chi connectivity index (χ2v) is 5.73. The summed E-state index contributed by atoms with van der Waals surface area (Å²) in [4.78, 5) is 42.1. The van der Waals surface area contributed by atoms with Crippen LogP contribution in [0.1, 0.15) is 19.0 Å². The molecule has 1 saturated heterocycles. The van der Waals surface area contributed by atoms with Crippen LogP contribution in [0.3, 0.4) is 0 Å². The van der Waals surface area contributed by atoms with Crippen LogP contribution in [-0.2, 0) is 20.8 Å². The van der Waals surface area contributed by atoms with Gasteiger partial charge in [-0.05, 0) is 6.42 Å². The average Bonchev–Trinajstić information content (AvgIpc) is 2.98. The summed E-state index contributed by atoms with van der Waals surface area (Å²) in [6, 6.07) is -0.584. The maximum Gasteiger partial charge on any atom is 0.249 e. The molecule has 1 aliphatic rings. The first-order valence-corrected chi connectivity index (χ1v) is 7.50. The molecule has 21 heavy (non-hydrogen) atoms. The molecule has 1 atom stereocenters. The first-order chi connectivity index (χ1) is 10.1. The Morgan fingerprint density at radius 2 is 2.33 bits per heavy atom. The van der Waals surface area contributed by atoms with E-state index in [-0.39, 0.29) is 18.9 Å². The average molecular weight is 306 g/mol. The number of nitrogens with one attached hydrogen (secondary N) is 1. The van der Waals surface area contributed by atoms with E-state index in [1.54, 1.807) is 6.20 Å². The Kier molecular flexibility index (Phi) is 3.46. The Labute approximate surface area is 124 Å². The maximum absolute atomic E-state index is 12.4. The molecule has 1 aliphatic heterocycles. The minimum absolute atomic E-state index is 0.0781. The number of hydrogen-bond donors (Lipinski definition) is 1. The van der Waals surface area contributed by atoms with Gasteiger partial charge in [-0.3, -0.25) is 24.1 Å². The Balaban J connectivity index is 1.78. The summed E-state index contributed by atoms with van der Waals surface area (Å²) in [7, 11) is 0. The highest BCUT2D eigenvalue weighted by atomic mass is 32.1. The molecule has 8 heteroatoms. The van der Waals surface area contributed by atoms with Crippen molar-refractivity contribution < 1.29 is 14.4 Å². The minimum Gasteiger partial charge on any atom is -0.321 e. The van der Waals surface area contributed by atoms with Crippen molar-refractivity contribution in [2.24, 2.45) is 0 Å². The standard InChI is InChI=1S/C13H14N4O3S/c1-2-9-12(20)15-10(18)7-17(9)11(19)5-8-6-16-3-4-21-13(16)14-8/h3-4,6,9H,2,5,7H2,1H3,(H,15,18,20). The summed E-state index contributed by atoms with van der Waals surface area (Å²) in [6.07, 6.45) is 4.22. The second-order valence-electron chi connectivity index (χ2n) is 4.86. The molecular weight excluding hydrogens is 292 g/mol. The van der Waals surface area contributed by atoms with Crippen LogP contribution >= 0.6 is 11.3 Å². The molecule has 0 saturated carbocycles. The number of amides is 3. The first kappa shape index (κ1) is 13.7. The molecule has 110 valence electrons. The van der Waals surface area contributed by atoms with Crippen molar-refractivity contribution in [1.29, 1.82) is 0 Å². The smallest absolute Gasteiger partial charge is 0.249 e. The lowest BCUT2D eigenvalue weighted by atomic mass is 10.1. The van der Waals surface area contributed by atoms with Crippen LogP contribution in [-0.4, -0.2) is 44.6 Å². The van der Waals surface area contributed by atoms with E-state index in [4.69, 9.17) is 0 Å². The van der Waals surface area contributed by atoms with Gasteiger partial charge in [0.05, 0.1) is 12.1 Å². The zero-order valence-electron chi connectivity index (χ0n) is 11.4. The SMILES string of the molecule is CCC1C(=O)NC(=O)CN1C(=O)Cc1cn2ccsc2n1. The van der Waals surface area contributed by atoms with E-state index in [0.29, 0.717) is 12.1 Å². The molecule has 0 aliphatic carbocycles. The summed E-state index contributed by atoms with van der Waals surface area (Å²) < 4.78 is 1.85. The van der Waals surface area contributed by atoms with Crippen molar-refractivity contribution in [3.8, 4) is 0 Å². The third-order valence-corrected chi connectivity index (χ3v) is 4.21. The van der Waals surface area contributed by atoms with E-state index in [1.807, 2.05) is 22.9 Å². The number of rotatable bonds is 3. The van der Waals surface area contributed by atoms with Crippen LogP contribution in [0.5, 0.6) is 0 Å². The zero-order valence-corrected chi connectivity index (χ0v) is 12.2. The second kappa shape index (κ2) is 5.28. The van der Waals surface area contributed by atoms with Crippen LogP contribution in [0.25, 0.3) is 4.96 Å². The topological polar surface area (TPSA) is 83.8 Å². The van der Waals surface area contributed by atoms with E-state index in [2.05, 4.69) is 10.3 Å². The number of hydrogen-bond acceptors (Lipinski definition) is 5. The van der Waals surface area contributed by atoms with Gasteiger partial charge < -0.3 is 4.90 Å². The molecule has 3 heterocycles. The molecule has 1 unspecified atom stereocenters. The molecule has 0 aromatic carbocycles. The molecule has 0 radical (unpaired) electrons. The van der Waals surface area contributed by atoms with Gasteiger partial charge in [0.2, 0.25) is 17.7 Å². The fourth-order valence-electron chi connectivity index (χ4n) is 2.45. The monoisotopic (exact) mass is 306 g/mol. The van der Waals surface area contributed by atoms with E-state index >= 15 is 0 Å². The van der Waals surface area contributed by atoms with E-state index in [9.17, 15) is 14.4 Å². The van der Waals surface area contributed by atoms with Gasteiger partial charge in [0.15, 0.2) is 4.96 Å². The van der Waals surface area contributed by atoms with Gasteiger partial charge in [0.25, 0.3) is 0 Å². The zero-order chi connectivity index (χ0) is 15.0. The third kappa shape index (κ3) is 2.54. The highest BCUT2D eigenvalue weighted by Gasteiger charge is 2.35. The number of aromatic nitrogens is 2. The Bertz CT molecular complexity index is 691. The molecule has 1 fully saturated rings. The molecule has 3 rings (SSSR count). The number of nitrogens with zero attached hydrogens (tertiary/aromatic N) is 3. The summed E-state index contributed by atoms with van der Waals surface area (Å²) in [5.74, 6) is -1.10. The molecule has 0 spiro atoms. The number of imide groups is 1. The largest absolute Gasteiger partial charge is 0.321 e. The van der Waals surface area contributed by atoms with Gasteiger partial charge >= 0.3 is 0 Å². The van der Waals surface area contributed by atoms with Crippen LogP contribution in [0.15, 0.2) is 17.8 Å². The Hall–Kier alpha value is -2.22. The molecule has 7 nitrogen and oxygen atoms in total. The van der Waals surface area contributed by atoms with Gasteiger partial charge in [0, 0.05) is 17.8 Å². The van der Waals surface area contributed by atoms with Crippen molar-refractivity contribution in [1.82, 2.24) is 19.6 Å². The molecule has 0 bridgehead atoms. The fourth-order valence-corrected chi connectivity index (χ4v) is 3.17. The van der Waals surface area contributed by atoms with Crippen molar-refractivity contribution >= 4 is 34.0 Å². The van der Waals surface area contributed by atoms with Crippen LogP contribution < -0.4 is 5.32 Å². The van der Waals surface area contributed by atoms with Crippen molar-refractivity contribution in [3.63, 3.8) is 0 Å². The molecule has 2 aromatic heterocycles. The van der Waals surface area contributed by atoms with Crippen molar-refractivity contribution in [3.05, 3.63) is 23.5 Å². The van der Waals surface area contributed by atoms with E-state index < -0.39 is 17.9 Å². The van der Waals surface area contributed by atoms with Crippen LogP contribution in [0.4, 0.5) is 0 Å². The van der Waals surface area contributed by atoms with E-state index in [1.165, 1.54) is 16.2 Å². The lowest BCUT2D eigenvalue weighted by Crippen LogP contribution is -2.59. The first-order valence-electron chi connectivity index (χ1n) is 6.62. The van der Waals surface area contributed by atoms with Gasteiger partial charge in [-0.2, -0.15) is 0 Å². The Morgan fingerprint density at radius 1 is 1.52 bits per heavy atom. The summed E-state index contributed by atoms with van der Waals surface area (Å²) in [5, 5.41) is 4.17. The quantitative estimate of drug-likeness (QED) is 0.821. The van der Waals surface area contributed by atoms with Gasteiger partial charge in [0.1, 0.15) is 12.6 Å². The van der Waals surface area contributed by atoms with Crippen LogP contribution in [0.2, 0.25) is 0 Å². The molecular formula is C13H14N4O3S. The number of piperazine rings is 1. The van der Waals surface area contributed by atoms with Crippen molar-refractivity contribution in [2.45, 2.75) is 25.8 Å². The van der Waals surface area contributed by atoms with Crippen LogP contribution in [0, 0.1) is 0 Å². The summed E-state index contributed by atoms with van der Waals surface area (Å²) in [6.45, 7) is 1.73. The van der Waals surface area contributed by atoms with Crippen molar-refractivity contribution in [2.75, 3.05) is 6.54 Å². The molecule has 2 aromatic rings. The lowest BCUT2D eigenvalue weighted by molar-refractivity contribution is -0.149. The number of fused-ring (bicyclic) bond motifs is 1. The number of imidazole rings is 1. The third-order valence-electron chi connectivity index (χ3n) is 3.44. The number of carbonyl (C=O) groups excluding carboxylic acids is 3. The van der Waals surface area contributed by atoms with Gasteiger partial charge in [-0.25, -0.2) is 4.98 Å². The predicted octanol–water partition coefficient (Wildman–Crippen LogP) is 0.202. The molecule has 1 N–H and O–H groups in total. The highest BCUT2D eigenvalue weighted by Crippen LogP contribution is 2.15. The summed E-state index contributed by atoms with van der Waals surface area (Å²) in [5.41, 5.74) is 0.639. The van der Waals surface area contributed by atoms with Gasteiger partial charge in [-0.15, -0.1) is 11.3 Å². The number of carbonyl (C=O) groups is 3. The van der Waals surface area contributed by atoms with E-state index in [0.717, 1.165) is 4.96 Å². The highest BCUT2D eigenvalue weighted by molar-refractivity contribution is 7.15. The number of thiazole rings is 1.